The second-order valence-corrected chi connectivity index (χ2v) is 8.74. The Balaban J connectivity index is 3.27. The topological polar surface area (TPSA) is 83.9 Å². The number of nitrogens with zero attached hydrogens (tertiary/aromatic N) is 1. The van der Waals surface area contributed by atoms with E-state index >= 15 is 0 Å². The van der Waals surface area contributed by atoms with E-state index in [4.69, 9.17) is 21.4 Å². The highest BCUT2D eigenvalue weighted by Gasteiger charge is 2.36. The van der Waals surface area contributed by atoms with Crippen molar-refractivity contribution >= 4 is 27.7 Å². The van der Waals surface area contributed by atoms with E-state index < -0.39 is 27.8 Å². The van der Waals surface area contributed by atoms with Crippen molar-refractivity contribution in [1.29, 1.82) is 0 Å². The van der Waals surface area contributed by atoms with Gasteiger partial charge in [0.2, 0.25) is 10.0 Å². The van der Waals surface area contributed by atoms with Crippen LogP contribution < -0.4 is 0 Å². The molecule has 1 rings (SSSR count). The first-order chi connectivity index (χ1) is 11.0. The highest BCUT2D eigenvalue weighted by atomic mass is 35.5. The normalized spacial score (nSPS) is 13.4. The van der Waals surface area contributed by atoms with Crippen LogP contribution in [0.15, 0.2) is 24.3 Å². The molecule has 1 amide bonds. The van der Waals surface area contributed by atoms with Crippen LogP contribution in [0.1, 0.15) is 45.7 Å². The second-order valence-electron chi connectivity index (χ2n) is 6.37. The Labute approximate surface area is 148 Å². The zero-order valence-electron chi connectivity index (χ0n) is 14.3. The Morgan fingerprint density at radius 1 is 1.33 bits per heavy atom. The maximum Gasteiger partial charge on any atom is 0.424 e. The Morgan fingerprint density at radius 2 is 1.92 bits per heavy atom. The molecule has 1 aromatic rings. The summed E-state index contributed by atoms with van der Waals surface area (Å²) in [6, 6.07) is 5.88. The first-order valence-electron chi connectivity index (χ1n) is 7.60. The van der Waals surface area contributed by atoms with Crippen LogP contribution in [0.25, 0.3) is 0 Å². The predicted molar refractivity (Wildman–Crippen MR) is 93.4 cm³/mol. The first-order valence-corrected chi connectivity index (χ1v) is 9.58. The molecule has 0 spiro atoms. The van der Waals surface area contributed by atoms with E-state index in [9.17, 15) is 13.2 Å². The SMILES string of the molecule is C[C@H](c1ccccc1Cl)N(C(=O)OC(C)(C)C)S(=O)(=O)CCCO. The van der Waals surface area contributed by atoms with Gasteiger partial charge in [-0.25, -0.2) is 13.2 Å². The smallest absolute Gasteiger partial charge is 0.424 e. The fourth-order valence-corrected chi connectivity index (χ4v) is 3.95. The number of hydrogen-bond donors (Lipinski definition) is 1. The zero-order valence-corrected chi connectivity index (χ0v) is 15.9. The summed E-state index contributed by atoms with van der Waals surface area (Å²) in [4.78, 5) is 12.5. The van der Waals surface area contributed by atoms with Crippen LogP contribution in [0.5, 0.6) is 0 Å². The van der Waals surface area contributed by atoms with E-state index in [-0.39, 0.29) is 18.8 Å². The Kier molecular flexibility index (Phi) is 7.07. The number of aliphatic hydroxyl groups is 1. The van der Waals surface area contributed by atoms with E-state index in [0.29, 0.717) is 14.9 Å². The summed E-state index contributed by atoms with van der Waals surface area (Å²) in [6.07, 6.45) is -0.940. The van der Waals surface area contributed by atoms with Crippen molar-refractivity contribution in [2.24, 2.45) is 0 Å². The molecule has 0 aliphatic rings. The third-order valence-electron chi connectivity index (χ3n) is 3.14. The van der Waals surface area contributed by atoms with Crippen molar-refractivity contribution in [3.05, 3.63) is 34.9 Å². The van der Waals surface area contributed by atoms with Gasteiger partial charge in [0.05, 0.1) is 11.8 Å². The Morgan fingerprint density at radius 3 is 2.42 bits per heavy atom. The third-order valence-corrected chi connectivity index (χ3v) is 5.35. The molecule has 0 aliphatic carbocycles. The van der Waals surface area contributed by atoms with E-state index in [0.717, 1.165) is 0 Å². The molecule has 0 heterocycles. The molecule has 1 atom stereocenters. The third kappa shape index (κ3) is 5.65. The maximum atomic E-state index is 12.6. The number of carbonyl (C=O) groups excluding carboxylic acids is 1. The van der Waals surface area contributed by atoms with E-state index in [1.54, 1.807) is 52.0 Å². The molecule has 6 nitrogen and oxygen atoms in total. The van der Waals surface area contributed by atoms with E-state index in [1.165, 1.54) is 0 Å². The van der Waals surface area contributed by atoms with Crippen LogP contribution in [-0.2, 0) is 14.8 Å². The molecule has 0 saturated heterocycles. The van der Waals surface area contributed by atoms with Gasteiger partial charge in [-0.1, -0.05) is 29.8 Å². The fraction of sp³-hybridized carbons (Fsp3) is 0.562. The standard InChI is InChI=1S/C16H24ClNO5S/c1-12(13-8-5-6-9-14(13)17)18(15(20)23-16(2,3)4)24(21,22)11-7-10-19/h5-6,8-9,12,19H,7,10-11H2,1-4H3/t12-/m1/s1. The summed E-state index contributed by atoms with van der Waals surface area (Å²) < 4.78 is 31.2. The van der Waals surface area contributed by atoms with Crippen molar-refractivity contribution in [1.82, 2.24) is 4.31 Å². The van der Waals surface area contributed by atoms with Crippen LogP contribution in [0, 0.1) is 0 Å². The summed E-state index contributed by atoms with van der Waals surface area (Å²) in [7, 11) is -3.98. The lowest BCUT2D eigenvalue weighted by molar-refractivity contribution is 0.0346. The van der Waals surface area contributed by atoms with Crippen LogP contribution in [0.2, 0.25) is 5.02 Å². The lowest BCUT2D eigenvalue weighted by atomic mass is 10.1. The van der Waals surface area contributed by atoms with Crippen LogP contribution >= 0.6 is 11.6 Å². The molecule has 0 aliphatic heterocycles. The molecule has 0 fully saturated rings. The van der Waals surface area contributed by atoms with Gasteiger partial charge in [0, 0.05) is 11.6 Å². The highest BCUT2D eigenvalue weighted by Crippen LogP contribution is 2.30. The number of hydrogen-bond acceptors (Lipinski definition) is 5. The fourth-order valence-electron chi connectivity index (χ4n) is 2.11. The van der Waals surface area contributed by atoms with E-state index in [1.807, 2.05) is 0 Å². The summed E-state index contributed by atoms with van der Waals surface area (Å²) in [5, 5.41) is 9.27. The summed E-state index contributed by atoms with van der Waals surface area (Å²) in [5.41, 5.74) is -0.347. The monoisotopic (exact) mass is 377 g/mol. The molecule has 0 aromatic heterocycles. The van der Waals surface area contributed by atoms with Gasteiger partial charge in [0.1, 0.15) is 5.60 Å². The van der Waals surface area contributed by atoms with Gasteiger partial charge in [-0.2, -0.15) is 4.31 Å². The largest absolute Gasteiger partial charge is 0.443 e. The van der Waals surface area contributed by atoms with Crippen LogP contribution in [0.4, 0.5) is 4.79 Å². The molecule has 8 heteroatoms. The number of aliphatic hydroxyl groups excluding tert-OH is 1. The number of amides is 1. The Bertz CT molecular complexity index is 669. The van der Waals surface area contributed by atoms with Gasteiger partial charge in [-0.3, -0.25) is 0 Å². The molecule has 136 valence electrons. The zero-order chi connectivity index (χ0) is 18.5. The second kappa shape index (κ2) is 8.18. The van der Waals surface area contributed by atoms with Gasteiger partial charge < -0.3 is 9.84 Å². The predicted octanol–water partition coefficient (Wildman–Crippen LogP) is 3.35. The maximum absolute atomic E-state index is 12.6. The van der Waals surface area contributed by atoms with Gasteiger partial charge in [-0.15, -0.1) is 0 Å². The molecule has 0 unspecified atom stereocenters. The lowest BCUT2D eigenvalue weighted by Crippen LogP contribution is -2.43. The molecule has 1 aromatic carbocycles. The molecule has 0 saturated carbocycles. The Hall–Kier alpha value is -1.31. The van der Waals surface area contributed by atoms with Crippen molar-refractivity contribution in [3.63, 3.8) is 0 Å². The quantitative estimate of drug-likeness (QED) is 0.821. The molecule has 0 bridgehead atoms. The summed E-state index contributed by atoms with van der Waals surface area (Å²) in [6.45, 7) is 6.25. The number of carbonyl (C=O) groups is 1. The number of ether oxygens (including phenoxy) is 1. The van der Waals surface area contributed by atoms with Crippen molar-refractivity contribution in [2.45, 2.75) is 45.8 Å². The van der Waals surface area contributed by atoms with Gasteiger partial charge in [0.25, 0.3) is 0 Å². The van der Waals surface area contributed by atoms with Crippen molar-refractivity contribution < 1.29 is 23.1 Å². The van der Waals surface area contributed by atoms with Crippen LogP contribution in [-0.4, -0.2) is 41.9 Å². The van der Waals surface area contributed by atoms with E-state index in [2.05, 4.69) is 0 Å². The van der Waals surface area contributed by atoms with Crippen molar-refractivity contribution in [2.75, 3.05) is 12.4 Å². The minimum Gasteiger partial charge on any atom is -0.443 e. The molecule has 24 heavy (non-hydrogen) atoms. The highest BCUT2D eigenvalue weighted by molar-refractivity contribution is 7.89. The van der Waals surface area contributed by atoms with Gasteiger partial charge in [0.15, 0.2) is 0 Å². The van der Waals surface area contributed by atoms with Gasteiger partial charge in [-0.05, 0) is 45.7 Å². The average molecular weight is 378 g/mol. The number of halogens is 1. The average Bonchev–Trinajstić information content (AvgIpc) is 2.43. The molecular weight excluding hydrogens is 354 g/mol. The summed E-state index contributed by atoms with van der Waals surface area (Å²) >= 11 is 6.14. The number of sulfonamides is 1. The van der Waals surface area contributed by atoms with Gasteiger partial charge >= 0.3 is 6.09 Å². The molecular formula is C16H24ClNO5S. The number of benzene rings is 1. The summed E-state index contributed by atoms with van der Waals surface area (Å²) in [5.74, 6) is -0.364. The minimum absolute atomic E-state index is 0.0247. The van der Waals surface area contributed by atoms with Crippen molar-refractivity contribution in [3.8, 4) is 0 Å². The lowest BCUT2D eigenvalue weighted by Gasteiger charge is -2.31. The van der Waals surface area contributed by atoms with Crippen LogP contribution in [0.3, 0.4) is 0 Å². The molecule has 1 N–H and O–H groups in total. The molecule has 0 radical (unpaired) electrons. The number of rotatable bonds is 6. The first kappa shape index (κ1) is 20.7. The minimum atomic E-state index is -3.98.